The van der Waals surface area contributed by atoms with Crippen LogP contribution in [0.5, 0.6) is 0 Å². The number of hydrogen-bond acceptors (Lipinski definition) is 6. The van der Waals surface area contributed by atoms with Gasteiger partial charge in [0, 0.05) is 9.77 Å². The Bertz CT molecular complexity index is 956. The average molecular weight is 492 g/mol. The summed E-state index contributed by atoms with van der Waals surface area (Å²) in [5.41, 5.74) is 5.82. The highest BCUT2D eigenvalue weighted by Gasteiger charge is 2.20. The molecule has 0 fully saturated rings. The second kappa shape index (κ2) is 10.4. The molecule has 6 nitrogen and oxygen atoms in total. The third-order valence-corrected chi connectivity index (χ3v) is 4.15. The second-order valence-electron chi connectivity index (χ2n) is 5.38. The van der Waals surface area contributed by atoms with E-state index in [4.69, 9.17) is 15.9 Å². The van der Waals surface area contributed by atoms with E-state index in [0.717, 1.165) is 3.57 Å². The van der Waals surface area contributed by atoms with Crippen molar-refractivity contribution in [1.82, 2.24) is 0 Å². The standard InChI is InChI=1S/C20H18FIN4O2/c1-28-18(12-25-16-8-7-13(22)11-15(16)21)20(27)19(24)17(9-10-23)26-14-5-3-2-4-6-14/h2-12,24-25H,23H2,1H3/b10-9?,18-12+,24-19?,26-17?. The molecule has 4 N–H and O–H groups in total. The monoisotopic (exact) mass is 492 g/mol. The molecule has 0 heterocycles. The number of anilines is 1. The molecule has 0 radical (unpaired) electrons. The van der Waals surface area contributed by atoms with Crippen molar-refractivity contribution >= 4 is 51.2 Å². The van der Waals surface area contributed by atoms with Crippen LogP contribution in [0.2, 0.25) is 0 Å². The average Bonchev–Trinajstić information content (AvgIpc) is 2.69. The van der Waals surface area contributed by atoms with Crippen molar-refractivity contribution in [3.8, 4) is 0 Å². The Morgan fingerprint density at radius 1 is 1.29 bits per heavy atom. The summed E-state index contributed by atoms with van der Waals surface area (Å²) in [5, 5.41) is 10.9. The highest BCUT2D eigenvalue weighted by molar-refractivity contribution is 14.1. The molecule has 0 aromatic heterocycles. The lowest BCUT2D eigenvalue weighted by atomic mass is 10.1. The summed E-state index contributed by atoms with van der Waals surface area (Å²) in [6.45, 7) is 0. The van der Waals surface area contributed by atoms with Crippen LogP contribution in [0.15, 0.2) is 77.8 Å². The first kappa shape index (κ1) is 21.3. The zero-order valence-electron chi connectivity index (χ0n) is 14.9. The molecule has 0 saturated heterocycles. The maximum atomic E-state index is 13.9. The summed E-state index contributed by atoms with van der Waals surface area (Å²) in [4.78, 5) is 16.9. The number of nitrogens with zero attached hydrogens (tertiary/aromatic N) is 1. The molecule has 0 saturated carbocycles. The lowest BCUT2D eigenvalue weighted by molar-refractivity contribution is -0.112. The zero-order valence-corrected chi connectivity index (χ0v) is 17.1. The lowest BCUT2D eigenvalue weighted by Crippen LogP contribution is -2.25. The van der Waals surface area contributed by atoms with Gasteiger partial charge in [0.2, 0.25) is 5.78 Å². The minimum Gasteiger partial charge on any atom is -0.491 e. The third-order valence-electron chi connectivity index (χ3n) is 3.48. The fraction of sp³-hybridized carbons (Fsp3) is 0.0500. The van der Waals surface area contributed by atoms with Gasteiger partial charge < -0.3 is 15.8 Å². The van der Waals surface area contributed by atoms with Gasteiger partial charge in [-0.15, -0.1) is 0 Å². The topological polar surface area (TPSA) is 101 Å². The van der Waals surface area contributed by atoms with Crippen molar-refractivity contribution in [2.45, 2.75) is 0 Å². The highest BCUT2D eigenvalue weighted by atomic mass is 127. The van der Waals surface area contributed by atoms with Gasteiger partial charge in [-0.2, -0.15) is 0 Å². The van der Waals surface area contributed by atoms with E-state index in [1.54, 1.807) is 30.3 Å². The van der Waals surface area contributed by atoms with E-state index >= 15 is 0 Å². The Morgan fingerprint density at radius 2 is 2.00 bits per heavy atom. The van der Waals surface area contributed by atoms with E-state index in [1.807, 2.05) is 28.7 Å². The predicted octanol–water partition coefficient (Wildman–Crippen LogP) is 4.16. The van der Waals surface area contributed by atoms with Crippen LogP contribution in [0.1, 0.15) is 0 Å². The lowest BCUT2D eigenvalue weighted by Gasteiger charge is -2.09. The van der Waals surface area contributed by atoms with E-state index < -0.39 is 17.3 Å². The van der Waals surface area contributed by atoms with Crippen LogP contribution in [0.4, 0.5) is 15.8 Å². The van der Waals surface area contributed by atoms with Crippen molar-refractivity contribution in [1.29, 1.82) is 5.41 Å². The van der Waals surface area contributed by atoms with Crippen molar-refractivity contribution in [2.24, 2.45) is 10.7 Å². The molecule has 0 bridgehead atoms. The molecule has 0 aliphatic heterocycles. The van der Waals surface area contributed by atoms with Gasteiger partial charge in [-0.05, 0) is 65.2 Å². The number of rotatable bonds is 8. The van der Waals surface area contributed by atoms with Gasteiger partial charge in [0.1, 0.15) is 11.5 Å². The molecule has 0 spiro atoms. The van der Waals surface area contributed by atoms with Crippen LogP contribution >= 0.6 is 22.6 Å². The van der Waals surface area contributed by atoms with E-state index in [1.165, 1.54) is 37.7 Å². The number of nitrogens with one attached hydrogen (secondary N) is 2. The van der Waals surface area contributed by atoms with Crippen LogP contribution in [-0.2, 0) is 9.53 Å². The van der Waals surface area contributed by atoms with Crippen LogP contribution in [0, 0.1) is 14.8 Å². The Kier molecular flexibility index (Phi) is 7.88. The molecule has 2 rings (SSSR count). The first-order valence-electron chi connectivity index (χ1n) is 8.07. The number of carbonyl (C=O) groups excluding carboxylic acids is 1. The van der Waals surface area contributed by atoms with Gasteiger partial charge in [-0.1, -0.05) is 18.2 Å². The molecule has 2 aromatic carbocycles. The summed E-state index contributed by atoms with van der Waals surface area (Å²) in [5.74, 6) is -1.37. The first-order chi connectivity index (χ1) is 13.5. The van der Waals surface area contributed by atoms with Crippen LogP contribution in [-0.4, -0.2) is 24.3 Å². The molecule has 8 heteroatoms. The fourth-order valence-electron chi connectivity index (χ4n) is 2.12. The molecule has 0 unspecified atom stereocenters. The zero-order chi connectivity index (χ0) is 20.5. The van der Waals surface area contributed by atoms with Gasteiger partial charge in [0.05, 0.1) is 24.2 Å². The summed E-state index contributed by atoms with van der Waals surface area (Å²) in [7, 11) is 1.29. The minimum atomic E-state index is -0.728. The van der Waals surface area contributed by atoms with Crippen LogP contribution < -0.4 is 11.1 Å². The first-order valence-corrected chi connectivity index (χ1v) is 9.15. The van der Waals surface area contributed by atoms with Crippen molar-refractivity contribution in [3.63, 3.8) is 0 Å². The molecule has 2 aromatic rings. The molecule has 28 heavy (non-hydrogen) atoms. The maximum absolute atomic E-state index is 13.9. The van der Waals surface area contributed by atoms with E-state index in [0.29, 0.717) is 5.69 Å². The molecule has 0 aliphatic rings. The summed E-state index contributed by atoms with van der Waals surface area (Å²) in [6, 6.07) is 13.5. The molecular weight excluding hydrogens is 474 g/mol. The Balaban J connectivity index is 2.26. The van der Waals surface area contributed by atoms with Crippen LogP contribution in [0.25, 0.3) is 0 Å². The van der Waals surface area contributed by atoms with Crippen molar-refractivity contribution in [2.75, 3.05) is 12.4 Å². The normalized spacial score (nSPS) is 12.1. The quantitative estimate of drug-likeness (QED) is 0.223. The minimum absolute atomic E-state index is 0.0714. The Morgan fingerprint density at radius 3 is 2.61 bits per heavy atom. The van der Waals surface area contributed by atoms with E-state index in [-0.39, 0.29) is 17.2 Å². The van der Waals surface area contributed by atoms with Gasteiger partial charge >= 0.3 is 0 Å². The molecule has 0 aliphatic carbocycles. The highest BCUT2D eigenvalue weighted by Crippen LogP contribution is 2.18. The number of methoxy groups -OCH3 is 1. The van der Waals surface area contributed by atoms with Gasteiger partial charge in [-0.3, -0.25) is 10.2 Å². The summed E-state index contributed by atoms with van der Waals surface area (Å²) in [6.07, 6.45) is 3.75. The summed E-state index contributed by atoms with van der Waals surface area (Å²) >= 11 is 1.99. The number of halogens is 2. The van der Waals surface area contributed by atoms with E-state index in [9.17, 15) is 9.18 Å². The SMILES string of the molecule is CO/C(=C/Nc1ccc(I)cc1F)C(=O)C(=N)C(C=CN)=Nc1ccccc1. The number of aliphatic imine (C=N–C) groups is 1. The number of ether oxygens (including phenoxy) is 1. The number of hydrogen-bond donors (Lipinski definition) is 3. The fourth-order valence-corrected chi connectivity index (χ4v) is 2.57. The second-order valence-corrected chi connectivity index (χ2v) is 6.62. The Hall–Kier alpha value is -3.01. The number of carbonyl (C=O) groups is 1. The Labute approximate surface area is 175 Å². The van der Waals surface area contributed by atoms with Crippen LogP contribution in [0.3, 0.4) is 0 Å². The third kappa shape index (κ3) is 5.74. The van der Waals surface area contributed by atoms with Gasteiger partial charge in [0.15, 0.2) is 5.76 Å². The number of Topliss-reactive ketones (excluding diaryl/α,β-unsaturated/α-hetero) is 1. The number of allylic oxidation sites excluding steroid dienone is 2. The largest absolute Gasteiger partial charge is 0.491 e. The number of ketones is 1. The number of benzene rings is 2. The molecule has 0 atom stereocenters. The maximum Gasteiger partial charge on any atom is 0.248 e. The van der Waals surface area contributed by atoms with Gasteiger partial charge in [0.25, 0.3) is 0 Å². The van der Waals surface area contributed by atoms with Crippen molar-refractivity contribution in [3.05, 3.63) is 82.2 Å². The smallest absolute Gasteiger partial charge is 0.248 e. The summed E-state index contributed by atoms with van der Waals surface area (Å²) < 4.78 is 19.7. The molecule has 144 valence electrons. The number of nitrogens with two attached hydrogens (primary N) is 1. The molecule has 0 amide bonds. The number of para-hydroxylation sites is 1. The molecular formula is C20H18FIN4O2. The predicted molar refractivity (Wildman–Crippen MR) is 117 cm³/mol. The van der Waals surface area contributed by atoms with E-state index in [2.05, 4.69) is 10.3 Å². The van der Waals surface area contributed by atoms with Crippen molar-refractivity contribution < 1.29 is 13.9 Å². The van der Waals surface area contributed by atoms with Gasteiger partial charge in [-0.25, -0.2) is 9.38 Å².